The molecule has 88 valence electrons. The van der Waals surface area contributed by atoms with Gasteiger partial charge in [-0.15, -0.1) is 0 Å². The Labute approximate surface area is 94.0 Å². The van der Waals surface area contributed by atoms with Crippen LogP contribution in [0.15, 0.2) is 0 Å². The van der Waals surface area contributed by atoms with Crippen molar-refractivity contribution in [3.8, 4) is 0 Å². The first kappa shape index (κ1) is 11.4. The fourth-order valence-electron chi connectivity index (χ4n) is 2.55. The number of likely N-dealkylation sites (N-methyl/N-ethyl adjacent to an activating group) is 1. The van der Waals surface area contributed by atoms with Crippen molar-refractivity contribution in [3.63, 3.8) is 0 Å². The summed E-state index contributed by atoms with van der Waals surface area (Å²) in [4.78, 5) is 7.60. The van der Waals surface area contributed by atoms with Crippen LogP contribution in [0.2, 0.25) is 0 Å². The lowest BCUT2D eigenvalue weighted by molar-refractivity contribution is 0.0803. The maximum absolute atomic E-state index is 2.63. The van der Waals surface area contributed by atoms with Gasteiger partial charge < -0.3 is 14.7 Å². The third-order valence-electron chi connectivity index (χ3n) is 3.93. The Hall–Kier alpha value is -0.120. The van der Waals surface area contributed by atoms with E-state index < -0.39 is 0 Å². The van der Waals surface area contributed by atoms with E-state index in [-0.39, 0.29) is 0 Å². The number of likely N-dealkylation sites (tertiary alicyclic amines) is 1. The Kier molecular flexibility index (Phi) is 4.00. The molecule has 0 aromatic carbocycles. The first-order valence-corrected chi connectivity index (χ1v) is 6.41. The zero-order chi connectivity index (χ0) is 10.7. The maximum Gasteiger partial charge on any atom is 0.0110 e. The smallest absolute Gasteiger partial charge is 0.0110 e. The van der Waals surface area contributed by atoms with Gasteiger partial charge in [0.15, 0.2) is 0 Å². The number of nitrogens with zero attached hydrogens (tertiary/aromatic N) is 3. The molecule has 0 amide bonds. The molecule has 0 bridgehead atoms. The first-order chi connectivity index (χ1) is 7.28. The zero-order valence-corrected chi connectivity index (χ0v) is 10.3. The number of hydrogen-bond donors (Lipinski definition) is 0. The van der Waals surface area contributed by atoms with Gasteiger partial charge in [-0.05, 0) is 32.5 Å². The number of hydrogen-bond acceptors (Lipinski definition) is 3. The molecular formula is C12H25N3. The quantitative estimate of drug-likeness (QED) is 0.673. The molecule has 2 heterocycles. The molecule has 2 aliphatic rings. The van der Waals surface area contributed by atoms with Crippen LogP contribution in [0.3, 0.4) is 0 Å². The number of piperazine rings is 1. The van der Waals surface area contributed by atoms with Crippen LogP contribution in [0, 0.1) is 5.92 Å². The largest absolute Gasteiger partial charge is 0.304 e. The molecule has 3 heteroatoms. The molecule has 0 aromatic heterocycles. The second-order valence-corrected chi connectivity index (χ2v) is 5.15. The van der Waals surface area contributed by atoms with E-state index in [2.05, 4.69) is 28.7 Å². The summed E-state index contributed by atoms with van der Waals surface area (Å²) in [5.74, 6) is 0.990. The van der Waals surface area contributed by atoms with E-state index in [1.807, 2.05) is 0 Å². The van der Waals surface area contributed by atoms with Crippen molar-refractivity contribution in [2.75, 3.05) is 59.4 Å². The van der Waals surface area contributed by atoms with Crippen LogP contribution >= 0.6 is 0 Å². The average Bonchev–Trinajstić information content (AvgIpc) is 2.19. The van der Waals surface area contributed by atoms with E-state index in [4.69, 9.17) is 0 Å². The van der Waals surface area contributed by atoms with Gasteiger partial charge in [-0.3, -0.25) is 0 Å². The zero-order valence-electron chi connectivity index (χ0n) is 10.3. The average molecular weight is 211 g/mol. The van der Waals surface area contributed by atoms with Crippen molar-refractivity contribution < 1.29 is 0 Å². The van der Waals surface area contributed by atoms with Gasteiger partial charge in [0, 0.05) is 39.3 Å². The highest BCUT2D eigenvalue weighted by Gasteiger charge is 2.25. The summed E-state index contributed by atoms with van der Waals surface area (Å²) in [6.45, 7) is 12.6. The maximum atomic E-state index is 2.63. The molecule has 0 N–H and O–H groups in total. The molecule has 0 spiro atoms. The molecule has 2 aliphatic heterocycles. The second-order valence-electron chi connectivity index (χ2n) is 5.15. The van der Waals surface area contributed by atoms with E-state index in [0.29, 0.717) is 0 Å². The fraction of sp³-hybridized carbons (Fsp3) is 1.00. The summed E-state index contributed by atoms with van der Waals surface area (Å²) in [6.07, 6.45) is 1.42. The van der Waals surface area contributed by atoms with Crippen molar-refractivity contribution in [1.82, 2.24) is 14.7 Å². The van der Waals surface area contributed by atoms with Gasteiger partial charge in [0.25, 0.3) is 0 Å². The first-order valence-electron chi connectivity index (χ1n) is 6.41. The SMILES string of the molecule is CCN1CC(CCN2CCN(C)CC2)C1. The monoisotopic (exact) mass is 211 g/mol. The molecule has 0 atom stereocenters. The Balaban J connectivity index is 1.55. The van der Waals surface area contributed by atoms with Crippen molar-refractivity contribution in [2.45, 2.75) is 13.3 Å². The summed E-state index contributed by atoms with van der Waals surface area (Å²) >= 11 is 0. The van der Waals surface area contributed by atoms with E-state index >= 15 is 0 Å². The standard InChI is InChI=1S/C12H25N3/c1-3-14-10-12(11-14)4-5-15-8-6-13(2)7-9-15/h12H,3-11H2,1-2H3. The Bertz CT molecular complexity index is 181. The lowest BCUT2D eigenvalue weighted by atomic mass is 9.96. The van der Waals surface area contributed by atoms with E-state index in [0.717, 1.165) is 5.92 Å². The molecule has 2 fully saturated rings. The fourth-order valence-corrected chi connectivity index (χ4v) is 2.55. The van der Waals surface area contributed by atoms with Crippen molar-refractivity contribution >= 4 is 0 Å². The summed E-state index contributed by atoms with van der Waals surface area (Å²) in [5, 5.41) is 0. The van der Waals surface area contributed by atoms with Crippen LogP contribution in [0.1, 0.15) is 13.3 Å². The van der Waals surface area contributed by atoms with Gasteiger partial charge in [-0.2, -0.15) is 0 Å². The summed E-state index contributed by atoms with van der Waals surface area (Å²) < 4.78 is 0. The minimum atomic E-state index is 0.990. The Morgan fingerprint density at radius 1 is 1.00 bits per heavy atom. The van der Waals surface area contributed by atoms with Gasteiger partial charge in [0.05, 0.1) is 0 Å². The molecular weight excluding hydrogens is 186 g/mol. The van der Waals surface area contributed by atoms with Crippen LogP contribution in [0.4, 0.5) is 0 Å². The molecule has 0 aliphatic carbocycles. The molecule has 0 radical (unpaired) electrons. The predicted octanol–water partition coefficient (Wildman–Crippen LogP) is 0.576. The minimum Gasteiger partial charge on any atom is -0.304 e. The van der Waals surface area contributed by atoms with E-state index in [1.165, 1.54) is 58.8 Å². The summed E-state index contributed by atoms with van der Waals surface area (Å²) in [5.41, 5.74) is 0. The van der Waals surface area contributed by atoms with Crippen molar-refractivity contribution in [1.29, 1.82) is 0 Å². The minimum absolute atomic E-state index is 0.990. The topological polar surface area (TPSA) is 9.72 Å². The van der Waals surface area contributed by atoms with Gasteiger partial charge in [0.1, 0.15) is 0 Å². The van der Waals surface area contributed by atoms with Gasteiger partial charge >= 0.3 is 0 Å². The molecule has 0 aromatic rings. The van der Waals surface area contributed by atoms with E-state index in [9.17, 15) is 0 Å². The van der Waals surface area contributed by atoms with Gasteiger partial charge in [0.2, 0.25) is 0 Å². The summed E-state index contributed by atoms with van der Waals surface area (Å²) in [7, 11) is 2.22. The van der Waals surface area contributed by atoms with Crippen molar-refractivity contribution in [2.24, 2.45) is 5.92 Å². The molecule has 2 rings (SSSR count). The van der Waals surface area contributed by atoms with Gasteiger partial charge in [-0.1, -0.05) is 6.92 Å². The molecule has 0 unspecified atom stereocenters. The highest BCUT2D eigenvalue weighted by Crippen LogP contribution is 2.18. The van der Waals surface area contributed by atoms with Crippen molar-refractivity contribution in [3.05, 3.63) is 0 Å². The molecule has 2 saturated heterocycles. The molecule has 3 nitrogen and oxygen atoms in total. The highest BCUT2D eigenvalue weighted by molar-refractivity contribution is 4.80. The third-order valence-corrected chi connectivity index (χ3v) is 3.93. The van der Waals surface area contributed by atoms with Gasteiger partial charge in [-0.25, -0.2) is 0 Å². The van der Waals surface area contributed by atoms with Crippen LogP contribution in [-0.2, 0) is 0 Å². The Morgan fingerprint density at radius 3 is 2.27 bits per heavy atom. The van der Waals surface area contributed by atoms with Crippen LogP contribution in [-0.4, -0.2) is 74.1 Å². The third kappa shape index (κ3) is 3.16. The number of rotatable bonds is 4. The van der Waals surface area contributed by atoms with E-state index in [1.54, 1.807) is 0 Å². The van der Waals surface area contributed by atoms with Crippen LogP contribution in [0.25, 0.3) is 0 Å². The Morgan fingerprint density at radius 2 is 1.67 bits per heavy atom. The second kappa shape index (κ2) is 5.28. The van der Waals surface area contributed by atoms with Crippen LogP contribution < -0.4 is 0 Å². The molecule has 0 saturated carbocycles. The lowest BCUT2D eigenvalue weighted by Gasteiger charge is -2.40. The van der Waals surface area contributed by atoms with Crippen LogP contribution in [0.5, 0.6) is 0 Å². The highest BCUT2D eigenvalue weighted by atomic mass is 15.2. The molecule has 15 heavy (non-hydrogen) atoms. The predicted molar refractivity (Wildman–Crippen MR) is 64.2 cm³/mol. The lowest BCUT2D eigenvalue weighted by Crippen LogP contribution is -2.49. The normalized spacial score (nSPS) is 26.8. The summed E-state index contributed by atoms with van der Waals surface area (Å²) in [6, 6.07) is 0.